The molecule has 0 radical (unpaired) electrons. The Morgan fingerprint density at radius 1 is 1.06 bits per heavy atom. The molecule has 36 heavy (non-hydrogen) atoms. The van der Waals surface area contributed by atoms with Gasteiger partial charge in [-0.1, -0.05) is 48.9 Å². The van der Waals surface area contributed by atoms with E-state index in [9.17, 15) is 18.9 Å². The number of rotatable bonds is 2. The summed E-state index contributed by atoms with van der Waals surface area (Å²) >= 11 is 0. The van der Waals surface area contributed by atoms with E-state index < -0.39 is 33.5 Å². The van der Waals surface area contributed by atoms with Crippen LogP contribution in [0.5, 0.6) is 5.75 Å². The third-order valence-corrected chi connectivity index (χ3v) is 9.82. The summed E-state index contributed by atoms with van der Waals surface area (Å²) in [6, 6.07) is 12.6. The summed E-state index contributed by atoms with van der Waals surface area (Å²) in [6.45, 7) is 7.84. The molecule has 4 atom stereocenters. The van der Waals surface area contributed by atoms with Crippen LogP contribution in [0.1, 0.15) is 55.4 Å². The molecule has 0 saturated heterocycles. The predicted octanol–water partition coefficient (Wildman–Crippen LogP) is 4.29. The SMILES string of the molecule is CC1=CC=C2C(C)(C)C(=O)C(S(=O)c3ccccc3)=CC23Oc2c(ccc4c2C(O)NC4=O)CC13C. The maximum Gasteiger partial charge on any atom is 0.254 e. The van der Waals surface area contributed by atoms with Crippen molar-refractivity contribution in [2.24, 2.45) is 10.8 Å². The molecule has 2 aliphatic carbocycles. The number of aliphatic hydroxyl groups is 1. The molecule has 2 N–H and O–H groups in total. The lowest BCUT2D eigenvalue weighted by Gasteiger charge is -2.58. The normalized spacial score (nSPS) is 30.4. The van der Waals surface area contributed by atoms with Gasteiger partial charge in [-0.15, -0.1) is 0 Å². The Hall–Kier alpha value is -3.29. The quantitative estimate of drug-likeness (QED) is 0.641. The number of carbonyl (C=O) groups is 2. The van der Waals surface area contributed by atoms with Crippen LogP contribution < -0.4 is 10.1 Å². The van der Waals surface area contributed by atoms with Crippen molar-refractivity contribution in [1.29, 1.82) is 0 Å². The van der Waals surface area contributed by atoms with E-state index in [0.717, 1.165) is 16.7 Å². The smallest absolute Gasteiger partial charge is 0.254 e. The van der Waals surface area contributed by atoms with E-state index in [4.69, 9.17) is 4.74 Å². The number of hydrogen-bond acceptors (Lipinski definition) is 5. The molecule has 7 heteroatoms. The summed E-state index contributed by atoms with van der Waals surface area (Å²) in [4.78, 5) is 27.0. The van der Waals surface area contributed by atoms with Crippen molar-refractivity contribution in [3.05, 3.63) is 93.4 Å². The van der Waals surface area contributed by atoms with Gasteiger partial charge in [-0.05, 0) is 62.6 Å². The van der Waals surface area contributed by atoms with E-state index in [2.05, 4.69) is 12.2 Å². The molecule has 2 aromatic rings. The molecule has 0 fully saturated rings. The number of amides is 1. The van der Waals surface area contributed by atoms with Crippen LogP contribution in [-0.2, 0) is 22.0 Å². The van der Waals surface area contributed by atoms with Crippen LogP contribution in [0.15, 0.2) is 81.6 Å². The van der Waals surface area contributed by atoms with Crippen LogP contribution in [0, 0.1) is 10.8 Å². The third-order valence-electron chi connectivity index (χ3n) is 8.42. The number of aliphatic hydroxyl groups excluding tert-OH is 1. The highest BCUT2D eigenvalue weighted by Crippen LogP contribution is 2.62. The van der Waals surface area contributed by atoms with Gasteiger partial charge in [0.05, 0.1) is 32.2 Å². The number of nitrogens with one attached hydrogen (secondary N) is 1. The highest BCUT2D eigenvalue weighted by atomic mass is 32.2. The molecule has 1 spiro atoms. The maximum absolute atomic E-state index is 13.8. The van der Waals surface area contributed by atoms with Gasteiger partial charge in [0.25, 0.3) is 5.91 Å². The molecule has 184 valence electrons. The Bertz CT molecular complexity index is 1480. The van der Waals surface area contributed by atoms with Crippen molar-refractivity contribution in [3.8, 4) is 5.75 Å². The van der Waals surface area contributed by atoms with Crippen molar-refractivity contribution in [1.82, 2.24) is 5.32 Å². The van der Waals surface area contributed by atoms with Crippen molar-refractivity contribution >= 4 is 22.5 Å². The number of allylic oxidation sites excluding steroid dienone is 3. The molecule has 0 bridgehead atoms. The Kier molecular flexibility index (Phi) is 4.73. The fraction of sp³-hybridized carbons (Fsp3) is 0.310. The number of carbonyl (C=O) groups excluding carboxylic acids is 2. The Labute approximate surface area is 212 Å². The van der Waals surface area contributed by atoms with Gasteiger partial charge < -0.3 is 15.2 Å². The van der Waals surface area contributed by atoms with E-state index in [1.165, 1.54) is 0 Å². The second kappa shape index (κ2) is 7.37. The second-order valence-electron chi connectivity index (χ2n) is 10.7. The van der Waals surface area contributed by atoms with Gasteiger partial charge in [0.2, 0.25) is 0 Å². The highest BCUT2D eigenvalue weighted by molar-refractivity contribution is 7.90. The molecule has 2 aliphatic heterocycles. The van der Waals surface area contributed by atoms with Crippen LogP contribution in [0.3, 0.4) is 0 Å². The van der Waals surface area contributed by atoms with Crippen LogP contribution in [0.25, 0.3) is 0 Å². The summed E-state index contributed by atoms with van der Waals surface area (Å²) in [5.74, 6) is -0.116. The zero-order valence-corrected chi connectivity index (χ0v) is 21.4. The van der Waals surface area contributed by atoms with E-state index in [1.54, 1.807) is 36.4 Å². The zero-order chi connectivity index (χ0) is 25.6. The molecule has 1 amide bonds. The molecule has 2 aromatic carbocycles. The Morgan fingerprint density at radius 3 is 2.50 bits per heavy atom. The first-order valence-electron chi connectivity index (χ1n) is 12.0. The van der Waals surface area contributed by atoms with Gasteiger partial charge in [-0.2, -0.15) is 0 Å². The Balaban J connectivity index is 1.64. The van der Waals surface area contributed by atoms with Crippen LogP contribution in [0.2, 0.25) is 0 Å². The maximum atomic E-state index is 13.8. The molecule has 0 aromatic heterocycles. The molecule has 6 rings (SSSR count). The average Bonchev–Trinajstić information content (AvgIpc) is 3.14. The first-order chi connectivity index (χ1) is 17.0. The summed E-state index contributed by atoms with van der Waals surface area (Å²) in [7, 11) is -1.71. The molecular formula is C29H27NO5S. The van der Waals surface area contributed by atoms with Gasteiger partial charge in [0.15, 0.2) is 17.6 Å². The molecule has 6 nitrogen and oxygen atoms in total. The largest absolute Gasteiger partial charge is 0.477 e. The summed E-state index contributed by atoms with van der Waals surface area (Å²) in [5, 5.41) is 13.2. The number of ether oxygens (including phenoxy) is 1. The number of hydrogen-bond donors (Lipinski definition) is 2. The van der Waals surface area contributed by atoms with Crippen molar-refractivity contribution < 1.29 is 23.6 Å². The van der Waals surface area contributed by atoms with E-state index in [1.807, 2.05) is 45.1 Å². The summed E-state index contributed by atoms with van der Waals surface area (Å²) in [5.41, 5.74) is 0.790. The lowest BCUT2D eigenvalue weighted by molar-refractivity contribution is -0.124. The molecule has 4 unspecified atom stereocenters. The standard InChI is InChI=1S/C29H27NO5S/c1-16-10-13-21-27(2,3)24(31)20(36(34)18-8-6-5-7-9-18)15-29(21)28(16,4)14-17-11-12-19-22(23(17)35-29)26(33)30-25(19)32/h5-13,15,26,33H,14H2,1-4H3,(H,30,32). The summed E-state index contributed by atoms with van der Waals surface area (Å²) in [6.07, 6.45) is 5.11. The van der Waals surface area contributed by atoms with Gasteiger partial charge in [-0.25, -0.2) is 4.21 Å². The van der Waals surface area contributed by atoms with Gasteiger partial charge in [0, 0.05) is 10.3 Å². The first kappa shape index (κ1) is 23.1. The number of Topliss-reactive ketones (excluding diaryl/α,β-unsaturated/α-hetero) is 1. The van der Waals surface area contributed by atoms with Gasteiger partial charge in [0.1, 0.15) is 5.75 Å². The predicted molar refractivity (Wildman–Crippen MR) is 136 cm³/mol. The third kappa shape index (κ3) is 2.78. The fourth-order valence-corrected chi connectivity index (χ4v) is 7.52. The fourth-order valence-electron chi connectivity index (χ4n) is 6.16. The van der Waals surface area contributed by atoms with Crippen LogP contribution >= 0.6 is 0 Å². The minimum absolute atomic E-state index is 0.204. The molecular weight excluding hydrogens is 474 g/mol. The minimum atomic E-state index is -1.71. The van der Waals surface area contributed by atoms with Crippen molar-refractivity contribution in [2.75, 3.05) is 0 Å². The first-order valence-corrected chi connectivity index (χ1v) is 13.1. The topological polar surface area (TPSA) is 92.7 Å². The molecule has 0 saturated carbocycles. The van der Waals surface area contributed by atoms with Crippen molar-refractivity contribution in [3.63, 3.8) is 0 Å². The van der Waals surface area contributed by atoms with E-state index in [0.29, 0.717) is 28.2 Å². The molecule has 2 heterocycles. The van der Waals surface area contributed by atoms with E-state index in [-0.39, 0.29) is 16.6 Å². The average molecular weight is 502 g/mol. The minimum Gasteiger partial charge on any atom is -0.477 e. The Morgan fingerprint density at radius 2 is 1.78 bits per heavy atom. The van der Waals surface area contributed by atoms with Gasteiger partial charge in [-0.3, -0.25) is 9.59 Å². The van der Waals surface area contributed by atoms with Crippen LogP contribution in [-0.4, -0.2) is 26.6 Å². The number of fused-ring (bicyclic) bond motifs is 3. The lowest BCUT2D eigenvalue weighted by atomic mass is 9.52. The van der Waals surface area contributed by atoms with E-state index >= 15 is 0 Å². The molecule has 4 aliphatic rings. The highest BCUT2D eigenvalue weighted by Gasteiger charge is 2.64. The van der Waals surface area contributed by atoms with Crippen molar-refractivity contribution in [2.45, 2.75) is 50.8 Å². The number of ketones is 1. The zero-order valence-electron chi connectivity index (χ0n) is 20.5. The second-order valence-corrected chi connectivity index (χ2v) is 12.2. The van der Waals surface area contributed by atoms with Crippen LogP contribution in [0.4, 0.5) is 0 Å². The summed E-state index contributed by atoms with van der Waals surface area (Å²) < 4.78 is 20.7. The monoisotopic (exact) mass is 501 g/mol. The van der Waals surface area contributed by atoms with Gasteiger partial charge >= 0.3 is 0 Å². The number of benzene rings is 2. The lowest BCUT2D eigenvalue weighted by Crippen LogP contribution is -2.62.